The maximum absolute atomic E-state index is 14.6. The highest BCUT2D eigenvalue weighted by molar-refractivity contribution is 5.97. The topological polar surface area (TPSA) is 136 Å². The Kier molecular flexibility index (Phi) is 14.7. The van der Waals surface area contributed by atoms with E-state index in [0.29, 0.717) is 42.0 Å². The molecule has 1 saturated heterocycles. The fourth-order valence-corrected chi connectivity index (χ4v) is 10.6. The van der Waals surface area contributed by atoms with Crippen LogP contribution >= 0.6 is 0 Å². The molecular formula is C52H69N5O7. The second kappa shape index (κ2) is 20.0. The smallest absolute Gasteiger partial charge is 0.251 e. The molecule has 12 heteroatoms. The Bertz CT molecular complexity index is 2210. The molecule has 9 atom stereocenters. The van der Waals surface area contributed by atoms with Gasteiger partial charge in [0.05, 0.1) is 26.4 Å². The van der Waals surface area contributed by atoms with E-state index >= 15 is 0 Å². The van der Waals surface area contributed by atoms with E-state index in [9.17, 15) is 19.8 Å². The minimum atomic E-state index is -0.936. The fourth-order valence-electron chi connectivity index (χ4n) is 10.6. The number of carbonyl (C=O) groups excluding carboxylic acids is 2. The van der Waals surface area contributed by atoms with Gasteiger partial charge in [0.2, 0.25) is 5.91 Å². The average molecular weight is 876 g/mol. The number of carbonyl (C=O) groups is 2. The lowest BCUT2D eigenvalue weighted by molar-refractivity contribution is -0.183. The van der Waals surface area contributed by atoms with Gasteiger partial charge in [-0.15, -0.1) is 0 Å². The molecule has 3 aliphatic carbocycles. The molecule has 4 N–H and O–H groups in total. The summed E-state index contributed by atoms with van der Waals surface area (Å²) in [6, 6.07) is 28.6. The van der Waals surface area contributed by atoms with E-state index in [1.165, 1.54) is 6.42 Å². The maximum Gasteiger partial charge on any atom is 0.251 e. The summed E-state index contributed by atoms with van der Waals surface area (Å²) in [5.41, 5.74) is 5.92. The molecule has 4 aromatic carbocycles. The van der Waals surface area contributed by atoms with E-state index in [2.05, 4.69) is 48.4 Å². The Morgan fingerprint density at radius 2 is 1.69 bits per heavy atom. The van der Waals surface area contributed by atoms with Gasteiger partial charge >= 0.3 is 0 Å². The normalized spacial score (nSPS) is 24.7. The van der Waals surface area contributed by atoms with Gasteiger partial charge in [0, 0.05) is 61.0 Å². The third kappa shape index (κ3) is 10.3. The molecule has 0 aromatic heterocycles. The highest BCUT2D eigenvalue weighted by Crippen LogP contribution is 2.61. The Hall–Kier alpha value is -4.98. The van der Waals surface area contributed by atoms with Crippen molar-refractivity contribution in [1.29, 1.82) is 0 Å². The van der Waals surface area contributed by atoms with Gasteiger partial charge < -0.3 is 40.1 Å². The van der Waals surface area contributed by atoms with Crippen LogP contribution in [0.2, 0.25) is 0 Å². The second-order valence-electron chi connectivity index (χ2n) is 19.5. The molecule has 0 unspecified atom stereocenters. The summed E-state index contributed by atoms with van der Waals surface area (Å²) in [5, 5.41) is 30.1. The van der Waals surface area contributed by atoms with Crippen molar-refractivity contribution in [2.75, 3.05) is 53.4 Å². The van der Waals surface area contributed by atoms with Crippen molar-refractivity contribution in [3.8, 4) is 22.6 Å². The lowest BCUT2D eigenvalue weighted by atomic mass is 9.45. The standard InChI is InChI=1S/C52H69N5O7/c1-32-44-26-39(52(44,3)4)27-45(32)54-51(61)48-47(33(2)59)46(30-58)64-57(48)28-36-16-13-17-43(49(36)63-31-35-18-20-42(62-9)21-19-35)37-23-38(25-41(24-37)56(7)8)50(60)53-40(29-55(5)6)22-34-14-11-10-12-15-34/h10-21,23-25,32-33,39-40,44-48,58-59H,22,26-31H2,1-9H3,(H,53,60)(H,54,61)/t32-,33-,39+,40-,44+,45-,46-,47-,48-/m0/s1. The highest BCUT2D eigenvalue weighted by atomic mass is 16.7. The van der Waals surface area contributed by atoms with Gasteiger partial charge in [-0.25, -0.2) is 0 Å². The van der Waals surface area contributed by atoms with Gasteiger partial charge in [-0.2, -0.15) is 5.06 Å². The lowest BCUT2D eigenvalue weighted by Gasteiger charge is -2.62. The number of hydrogen-bond acceptors (Lipinski definition) is 10. The Labute approximate surface area is 379 Å². The Morgan fingerprint density at radius 3 is 2.31 bits per heavy atom. The first kappa shape index (κ1) is 47.0. The molecule has 4 fully saturated rings. The average Bonchev–Trinajstić information content (AvgIpc) is 3.65. The zero-order chi connectivity index (χ0) is 45.9. The van der Waals surface area contributed by atoms with Gasteiger partial charge in [0.15, 0.2) is 0 Å². The third-order valence-electron chi connectivity index (χ3n) is 14.3. The largest absolute Gasteiger partial charge is 0.497 e. The number of likely N-dealkylation sites (N-methyl/N-ethyl adjacent to an activating group) is 1. The minimum absolute atomic E-state index is 0.00698. The molecule has 12 nitrogen and oxygen atoms in total. The van der Waals surface area contributed by atoms with Crippen molar-refractivity contribution in [3.63, 3.8) is 0 Å². The molecule has 4 aliphatic rings. The Balaban J connectivity index is 1.24. The number of rotatable bonds is 18. The SMILES string of the molecule is COc1ccc(COc2c(CN3O[C@@H](CO)[C@H]([C@H](C)O)[C@H]3C(=O)N[C@H]3C[C@H]4C[C@H]([C@@H]3C)C4(C)C)cccc2-c2cc(C(=O)N[C@@H](Cc3ccccc3)CN(C)C)cc(N(C)C)c2)cc1. The summed E-state index contributed by atoms with van der Waals surface area (Å²) in [7, 11) is 9.54. The number of benzene rings is 4. The summed E-state index contributed by atoms with van der Waals surface area (Å²) in [5.74, 6) is 1.59. The molecule has 2 amide bonds. The van der Waals surface area contributed by atoms with Gasteiger partial charge in [-0.3, -0.25) is 14.4 Å². The number of methoxy groups -OCH3 is 1. The van der Waals surface area contributed by atoms with Crippen molar-refractivity contribution in [1.82, 2.24) is 20.6 Å². The van der Waals surface area contributed by atoms with Gasteiger partial charge in [-0.1, -0.05) is 81.4 Å². The number of hydroxylamine groups is 2. The predicted molar refractivity (Wildman–Crippen MR) is 251 cm³/mol. The first-order valence-corrected chi connectivity index (χ1v) is 22.8. The number of nitrogens with zero attached hydrogens (tertiary/aromatic N) is 3. The molecular weight excluding hydrogens is 807 g/mol. The number of amides is 2. The van der Waals surface area contributed by atoms with Crippen molar-refractivity contribution >= 4 is 17.5 Å². The van der Waals surface area contributed by atoms with Gasteiger partial charge in [0.1, 0.15) is 30.3 Å². The number of aliphatic hydroxyl groups excluding tert-OH is 2. The number of anilines is 1. The molecule has 2 bridgehead atoms. The zero-order valence-corrected chi connectivity index (χ0v) is 39.1. The lowest BCUT2D eigenvalue weighted by Crippen LogP contribution is -2.62. The molecule has 1 aliphatic heterocycles. The van der Waals surface area contributed by atoms with E-state index in [1.807, 2.05) is 112 Å². The minimum Gasteiger partial charge on any atom is -0.497 e. The van der Waals surface area contributed by atoms with E-state index in [4.69, 9.17) is 14.3 Å². The maximum atomic E-state index is 14.6. The quantitative estimate of drug-likeness (QED) is 0.0870. The number of fused-ring (bicyclic) bond motifs is 2. The third-order valence-corrected chi connectivity index (χ3v) is 14.3. The van der Waals surface area contributed by atoms with E-state index in [0.717, 1.165) is 45.7 Å². The van der Waals surface area contributed by atoms with Crippen molar-refractivity contribution in [3.05, 3.63) is 113 Å². The van der Waals surface area contributed by atoms with Crippen LogP contribution in [0.25, 0.3) is 11.1 Å². The summed E-state index contributed by atoms with van der Waals surface area (Å²) in [4.78, 5) is 39.4. The van der Waals surface area contributed by atoms with Crippen molar-refractivity contribution in [2.45, 2.75) is 90.4 Å². The summed E-state index contributed by atoms with van der Waals surface area (Å²) in [6.45, 7) is 9.21. The zero-order valence-electron chi connectivity index (χ0n) is 39.1. The number of para-hydroxylation sites is 1. The van der Waals surface area contributed by atoms with Crippen LogP contribution in [0.1, 0.15) is 67.6 Å². The van der Waals surface area contributed by atoms with Gasteiger partial charge in [-0.05, 0) is 110 Å². The Morgan fingerprint density at radius 1 is 0.953 bits per heavy atom. The fraction of sp³-hybridized carbons (Fsp3) is 0.500. The predicted octanol–water partition coefficient (Wildman–Crippen LogP) is 6.57. The molecule has 1 heterocycles. The summed E-state index contributed by atoms with van der Waals surface area (Å²) < 4.78 is 12.2. The van der Waals surface area contributed by atoms with E-state index in [1.54, 1.807) is 19.1 Å². The number of nitrogens with one attached hydrogen (secondary N) is 2. The summed E-state index contributed by atoms with van der Waals surface area (Å²) >= 11 is 0. The van der Waals surface area contributed by atoms with Crippen LogP contribution in [0.3, 0.4) is 0 Å². The van der Waals surface area contributed by atoms with Crippen LogP contribution in [0.4, 0.5) is 5.69 Å². The van der Waals surface area contributed by atoms with Gasteiger partial charge in [0.25, 0.3) is 5.91 Å². The van der Waals surface area contributed by atoms with E-state index < -0.39 is 24.2 Å². The first-order chi connectivity index (χ1) is 30.6. The molecule has 0 spiro atoms. The van der Waals surface area contributed by atoms with Crippen LogP contribution < -0.4 is 25.0 Å². The van der Waals surface area contributed by atoms with Crippen LogP contribution in [0, 0.1) is 29.1 Å². The monoisotopic (exact) mass is 876 g/mol. The molecule has 3 saturated carbocycles. The van der Waals surface area contributed by atoms with Crippen LogP contribution in [0.15, 0.2) is 91.0 Å². The first-order valence-electron chi connectivity index (χ1n) is 22.8. The molecule has 344 valence electrons. The number of hydrogen-bond donors (Lipinski definition) is 4. The van der Waals surface area contributed by atoms with Crippen molar-refractivity contribution < 1.29 is 34.1 Å². The molecule has 0 radical (unpaired) electrons. The molecule has 8 rings (SSSR count). The highest BCUT2D eigenvalue weighted by Gasteiger charge is 2.57. The van der Waals surface area contributed by atoms with E-state index in [-0.39, 0.29) is 49.1 Å². The van der Waals surface area contributed by atoms with Crippen molar-refractivity contribution in [2.24, 2.45) is 29.1 Å². The number of ether oxygens (including phenoxy) is 2. The van der Waals surface area contributed by atoms with Crippen LogP contribution in [-0.2, 0) is 29.2 Å². The second-order valence-corrected chi connectivity index (χ2v) is 19.5. The van der Waals surface area contributed by atoms with Crippen LogP contribution in [-0.4, -0.2) is 111 Å². The molecule has 64 heavy (non-hydrogen) atoms. The van der Waals surface area contributed by atoms with Crippen LogP contribution in [0.5, 0.6) is 11.5 Å². The summed E-state index contributed by atoms with van der Waals surface area (Å²) in [6.07, 6.45) is 1.05. The number of aliphatic hydroxyl groups is 2. The molecule has 4 aromatic rings.